The van der Waals surface area contributed by atoms with E-state index in [2.05, 4.69) is 20.9 Å². The summed E-state index contributed by atoms with van der Waals surface area (Å²) in [6.45, 7) is 10.8. The number of hydrogen-bond donors (Lipinski definition) is 3. The summed E-state index contributed by atoms with van der Waals surface area (Å²) >= 11 is 0. The molecular weight excluding hydrogens is 731 g/mol. The van der Waals surface area contributed by atoms with Gasteiger partial charge >= 0.3 is 18.2 Å². The van der Waals surface area contributed by atoms with Crippen molar-refractivity contribution in [2.45, 2.75) is 77.2 Å². The van der Waals surface area contributed by atoms with Crippen LogP contribution in [-0.2, 0) is 19.8 Å². The highest BCUT2D eigenvalue weighted by Gasteiger charge is 2.46. The van der Waals surface area contributed by atoms with Gasteiger partial charge < -0.3 is 29.7 Å². The summed E-state index contributed by atoms with van der Waals surface area (Å²) in [6, 6.07) is 34.8. The summed E-state index contributed by atoms with van der Waals surface area (Å²) in [5.74, 6) is 0.0740. The second-order valence-electron chi connectivity index (χ2n) is 15.9. The number of benzene rings is 4. The van der Waals surface area contributed by atoms with Crippen LogP contribution in [0.4, 0.5) is 15.3 Å². The first-order valence-electron chi connectivity index (χ1n) is 20.0. The minimum Gasteiger partial charge on any atom is -0.465 e. The van der Waals surface area contributed by atoms with E-state index < -0.39 is 29.4 Å². The molecule has 0 unspecified atom stereocenters. The van der Waals surface area contributed by atoms with E-state index in [0.717, 1.165) is 46.4 Å². The second-order valence-corrected chi connectivity index (χ2v) is 15.9. The maximum Gasteiger partial charge on any atom is 0.414 e. The molecule has 4 aromatic rings. The Morgan fingerprint density at radius 3 is 2.00 bits per heavy atom. The lowest BCUT2D eigenvalue weighted by molar-refractivity contribution is 0.0552. The van der Waals surface area contributed by atoms with Crippen molar-refractivity contribution in [3.8, 4) is 0 Å². The molecule has 0 aliphatic carbocycles. The fourth-order valence-electron chi connectivity index (χ4n) is 7.95. The van der Waals surface area contributed by atoms with Gasteiger partial charge in [0.25, 0.3) is 0 Å². The SMILES string of the molecule is COC(=O)c1ccc2c(c1)[C@@H]1[C@@H](CCN1C(=NCC=C(C)C)NC(=O)OC(C)(C)C)[C@H](CCCNC(=O)OC(c1ccccc1)(c1ccccc1)c1ccccc1)N2. The topological polar surface area (TPSA) is 131 Å². The molecule has 6 rings (SSSR count). The van der Waals surface area contributed by atoms with Crippen molar-refractivity contribution in [1.82, 2.24) is 15.5 Å². The van der Waals surface area contributed by atoms with Crippen LogP contribution >= 0.6 is 0 Å². The highest BCUT2D eigenvalue weighted by Crippen LogP contribution is 2.48. The number of hydrogen-bond acceptors (Lipinski definition) is 8. The van der Waals surface area contributed by atoms with Crippen molar-refractivity contribution in [3.05, 3.63) is 149 Å². The Morgan fingerprint density at radius 1 is 0.845 bits per heavy atom. The molecule has 3 atom stereocenters. The lowest BCUT2D eigenvalue weighted by atomic mass is 9.80. The van der Waals surface area contributed by atoms with Crippen molar-refractivity contribution >= 4 is 29.8 Å². The first-order valence-corrected chi connectivity index (χ1v) is 20.0. The quantitative estimate of drug-likeness (QED) is 0.0261. The molecule has 1 saturated heterocycles. The van der Waals surface area contributed by atoms with E-state index in [-0.39, 0.29) is 18.0 Å². The molecule has 2 heterocycles. The largest absolute Gasteiger partial charge is 0.465 e. The first-order chi connectivity index (χ1) is 27.9. The number of fused-ring (bicyclic) bond motifs is 3. The second kappa shape index (κ2) is 18.4. The normalized spacial score (nSPS) is 17.5. The molecule has 0 radical (unpaired) electrons. The van der Waals surface area contributed by atoms with Crippen molar-refractivity contribution in [2.75, 3.05) is 32.1 Å². The van der Waals surface area contributed by atoms with Crippen LogP contribution in [0.1, 0.15) is 92.5 Å². The number of guanidine groups is 1. The van der Waals surface area contributed by atoms with Crippen LogP contribution in [0, 0.1) is 5.92 Å². The summed E-state index contributed by atoms with van der Waals surface area (Å²) in [4.78, 5) is 46.7. The Hall–Kier alpha value is -6.10. The molecule has 2 aliphatic rings. The van der Waals surface area contributed by atoms with E-state index >= 15 is 0 Å². The number of carbonyl (C=O) groups is 3. The van der Waals surface area contributed by atoms with Gasteiger partial charge in [-0.2, -0.15) is 0 Å². The molecular formula is C47H55N5O6. The van der Waals surface area contributed by atoms with Gasteiger partial charge in [0.1, 0.15) is 5.60 Å². The summed E-state index contributed by atoms with van der Waals surface area (Å²) in [5, 5.41) is 9.75. The lowest BCUT2D eigenvalue weighted by Crippen LogP contribution is -2.48. The van der Waals surface area contributed by atoms with Gasteiger partial charge in [0.2, 0.25) is 5.96 Å². The Bertz CT molecular complexity index is 2000. The maximum absolute atomic E-state index is 13.9. The Kier molecular flexibility index (Phi) is 13.2. The smallest absolute Gasteiger partial charge is 0.414 e. The molecule has 304 valence electrons. The number of ether oxygens (including phenoxy) is 3. The molecule has 0 bridgehead atoms. The molecule has 58 heavy (non-hydrogen) atoms. The van der Waals surface area contributed by atoms with Crippen LogP contribution in [0.5, 0.6) is 0 Å². The Labute approximate surface area is 341 Å². The highest BCUT2D eigenvalue weighted by molar-refractivity contribution is 5.95. The van der Waals surface area contributed by atoms with Gasteiger partial charge in [-0.1, -0.05) is 103 Å². The number of carbonyl (C=O) groups excluding carboxylic acids is 3. The average molecular weight is 786 g/mol. The zero-order valence-electron chi connectivity index (χ0n) is 34.3. The number of methoxy groups -OCH3 is 1. The zero-order valence-corrected chi connectivity index (χ0v) is 34.3. The predicted octanol–water partition coefficient (Wildman–Crippen LogP) is 8.98. The van der Waals surface area contributed by atoms with Crippen LogP contribution in [0.3, 0.4) is 0 Å². The molecule has 4 aromatic carbocycles. The van der Waals surface area contributed by atoms with Crippen LogP contribution in [0.25, 0.3) is 0 Å². The zero-order chi connectivity index (χ0) is 41.3. The monoisotopic (exact) mass is 785 g/mol. The van der Waals surface area contributed by atoms with Crippen LogP contribution in [-0.4, -0.2) is 67.4 Å². The molecule has 3 N–H and O–H groups in total. The summed E-state index contributed by atoms with van der Waals surface area (Å²) < 4.78 is 17.2. The van der Waals surface area contributed by atoms with Crippen LogP contribution in [0.15, 0.2) is 126 Å². The van der Waals surface area contributed by atoms with E-state index in [4.69, 9.17) is 19.2 Å². The van der Waals surface area contributed by atoms with Crippen molar-refractivity contribution in [2.24, 2.45) is 10.9 Å². The number of esters is 1. The number of rotatable bonds is 11. The van der Waals surface area contributed by atoms with Crippen LogP contribution < -0.4 is 16.0 Å². The number of aliphatic imine (C=N–C) groups is 1. The minimum atomic E-state index is -1.18. The fraction of sp³-hybridized carbons (Fsp3) is 0.362. The van der Waals surface area contributed by atoms with Crippen molar-refractivity contribution in [1.29, 1.82) is 0 Å². The van der Waals surface area contributed by atoms with E-state index in [1.54, 1.807) is 6.07 Å². The standard InChI is InChI=1S/C47H55N5O6/c1-32(2)26-29-48-43(51-45(55)57-46(3,4)5)52-30-27-37-39(50-40-25-24-33(42(53)56-6)31-38(40)41(37)52)23-16-28-49-44(54)58-47(34-17-10-7-11-18-34,35-19-12-8-13-20-35)36-21-14-9-15-22-36/h7-15,17-22,24-26,31,37,39,41,50H,16,23,27-30H2,1-6H3,(H,49,54)(H,48,51,55)/t37-,39-,41-/m0/s1. The number of likely N-dealkylation sites (tertiary alicyclic amines) is 1. The van der Waals surface area contributed by atoms with Gasteiger partial charge in [-0.05, 0) is 77.6 Å². The maximum atomic E-state index is 13.9. The fourth-order valence-corrected chi connectivity index (χ4v) is 7.95. The number of amides is 2. The van der Waals surface area contributed by atoms with Crippen molar-refractivity contribution < 1.29 is 28.6 Å². The molecule has 0 aromatic heterocycles. The Morgan fingerprint density at radius 2 is 1.45 bits per heavy atom. The number of allylic oxidation sites excluding steroid dienone is 1. The van der Waals surface area contributed by atoms with E-state index in [0.29, 0.717) is 37.6 Å². The summed E-state index contributed by atoms with van der Waals surface area (Å²) in [7, 11) is 1.37. The molecule has 0 spiro atoms. The van der Waals surface area contributed by atoms with Gasteiger partial charge in [-0.25, -0.2) is 19.4 Å². The third-order valence-corrected chi connectivity index (χ3v) is 10.5. The molecule has 2 aliphatic heterocycles. The highest BCUT2D eigenvalue weighted by atomic mass is 16.6. The molecule has 11 nitrogen and oxygen atoms in total. The molecule has 2 amide bonds. The molecule has 1 fully saturated rings. The van der Waals surface area contributed by atoms with E-state index in [9.17, 15) is 14.4 Å². The van der Waals surface area contributed by atoms with Crippen LogP contribution in [0.2, 0.25) is 0 Å². The predicted molar refractivity (Wildman–Crippen MR) is 227 cm³/mol. The number of alkyl carbamates (subject to hydrolysis) is 2. The van der Waals surface area contributed by atoms with Gasteiger partial charge in [-0.3, -0.25) is 5.32 Å². The van der Waals surface area contributed by atoms with Gasteiger partial charge in [0.15, 0.2) is 5.60 Å². The Balaban J connectivity index is 1.22. The summed E-state index contributed by atoms with van der Waals surface area (Å²) in [5.41, 5.74) is 4.00. The van der Waals surface area contributed by atoms with Gasteiger partial charge in [-0.15, -0.1) is 0 Å². The summed E-state index contributed by atoms with van der Waals surface area (Å²) in [6.07, 6.45) is 3.08. The van der Waals surface area contributed by atoms with Gasteiger partial charge in [0, 0.05) is 47.4 Å². The number of anilines is 1. The molecule has 11 heteroatoms. The third kappa shape index (κ3) is 9.70. The number of nitrogens with one attached hydrogen (secondary N) is 3. The van der Waals surface area contributed by atoms with E-state index in [1.807, 2.05) is 144 Å². The molecule has 0 saturated carbocycles. The third-order valence-electron chi connectivity index (χ3n) is 10.5. The minimum absolute atomic E-state index is 0.0157. The lowest BCUT2D eigenvalue weighted by Gasteiger charge is -2.41. The average Bonchev–Trinajstić information content (AvgIpc) is 3.67. The number of nitrogens with zero attached hydrogens (tertiary/aromatic N) is 2. The first kappa shape index (κ1) is 41.5. The van der Waals surface area contributed by atoms with E-state index in [1.165, 1.54) is 7.11 Å². The van der Waals surface area contributed by atoms with Gasteiger partial charge in [0.05, 0.1) is 25.3 Å². The van der Waals surface area contributed by atoms with Crippen molar-refractivity contribution in [3.63, 3.8) is 0 Å².